The number of anilines is 1. The summed E-state index contributed by atoms with van der Waals surface area (Å²) in [6.45, 7) is 1.31. The fourth-order valence-electron chi connectivity index (χ4n) is 5.82. The van der Waals surface area contributed by atoms with Gasteiger partial charge in [-0.2, -0.15) is 0 Å². The maximum atomic E-state index is 13.8. The zero-order chi connectivity index (χ0) is 21.3. The summed E-state index contributed by atoms with van der Waals surface area (Å²) in [5.74, 6) is -0.367. The molecule has 31 heavy (non-hydrogen) atoms. The van der Waals surface area contributed by atoms with Crippen molar-refractivity contribution in [2.45, 2.75) is 62.5 Å². The lowest BCUT2D eigenvalue weighted by atomic mass is 9.65. The molecule has 1 N–H and O–H groups in total. The molecule has 0 unspecified atom stereocenters. The Morgan fingerprint density at radius 3 is 2.48 bits per heavy atom. The zero-order valence-corrected chi connectivity index (χ0v) is 17.9. The standard InChI is InChI=1S/C26H30N2O3/c29-24(27-18-20-12-9-17-31-20)23-21-13-5-6-14-22(21)25(30)28(19-10-3-1-4-11-19)26(23)15-7-2-8-16-26/h1,3-6,10-11,13-14,20,23H,2,7-9,12,15-18H2,(H,27,29)/t20-,23+/m1/s1. The summed E-state index contributed by atoms with van der Waals surface area (Å²) in [7, 11) is 0. The van der Waals surface area contributed by atoms with Gasteiger partial charge in [-0.1, -0.05) is 55.7 Å². The first-order chi connectivity index (χ1) is 15.2. The average Bonchev–Trinajstić information content (AvgIpc) is 3.33. The van der Waals surface area contributed by atoms with Gasteiger partial charge in [-0.05, 0) is 49.4 Å². The Labute approximate surface area is 183 Å². The number of nitrogens with zero attached hydrogens (tertiary/aromatic N) is 1. The molecule has 2 heterocycles. The number of carbonyl (C=O) groups excluding carboxylic acids is 2. The van der Waals surface area contributed by atoms with Crippen molar-refractivity contribution in [3.8, 4) is 0 Å². The maximum Gasteiger partial charge on any atom is 0.259 e. The van der Waals surface area contributed by atoms with Crippen molar-refractivity contribution in [1.29, 1.82) is 0 Å². The van der Waals surface area contributed by atoms with E-state index in [2.05, 4.69) is 5.32 Å². The monoisotopic (exact) mass is 418 g/mol. The molecule has 1 aliphatic carbocycles. The van der Waals surface area contributed by atoms with Gasteiger partial charge in [-0.3, -0.25) is 9.59 Å². The van der Waals surface area contributed by atoms with E-state index in [4.69, 9.17) is 4.74 Å². The largest absolute Gasteiger partial charge is 0.376 e. The van der Waals surface area contributed by atoms with E-state index in [1.807, 2.05) is 59.5 Å². The molecule has 5 nitrogen and oxygen atoms in total. The van der Waals surface area contributed by atoms with Crippen LogP contribution in [-0.2, 0) is 9.53 Å². The number of hydrogen-bond acceptors (Lipinski definition) is 3. The molecule has 2 atom stereocenters. The topological polar surface area (TPSA) is 58.6 Å². The van der Waals surface area contributed by atoms with Crippen LogP contribution in [0, 0.1) is 0 Å². The van der Waals surface area contributed by atoms with Crippen LogP contribution in [-0.4, -0.2) is 36.6 Å². The molecule has 2 aromatic rings. The van der Waals surface area contributed by atoms with Crippen molar-refractivity contribution in [3.05, 3.63) is 65.7 Å². The van der Waals surface area contributed by atoms with Crippen molar-refractivity contribution in [2.75, 3.05) is 18.1 Å². The van der Waals surface area contributed by atoms with E-state index in [-0.39, 0.29) is 23.8 Å². The highest BCUT2D eigenvalue weighted by Gasteiger charge is 2.55. The highest BCUT2D eigenvalue weighted by atomic mass is 16.5. The first-order valence-corrected chi connectivity index (χ1v) is 11.6. The van der Waals surface area contributed by atoms with Crippen LogP contribution in [0.15, 0.2) is 54.6 Å². The Morgan fingerprint density at radius 1 is 1.00 bits per heavy atom. The lowest BCUT2D eigenvalue weighted by Crippen LogP contribution is -2.63. The van der Waals surface area contributed by atoms with Crippen LogP contribution in [0.1, 0.15) is 66.8 Å². The minimum atomic E-state index is -0.536. The summed E-state index contributed by atoms with van der Waals surface area (Å²) in [6.07, 6.45) is 6.98. The Bertz CT molecular complexity index is 946. The third-order valence-corrected chi connectivity index (χ3v) is 7.21. The molecular formula is C26H30N2O3. The van der Waals surface area contributed by atoms with Crippen molar-refractivity contribution in [2.24, 2.45) is 0 Å². The average molecular weight is 419 g/mol. The van der Waals surface area contributed by atoms with Gasteiger partial charge in [0.1, 0.15) is 0 Å². The van der Waals surface area contributed by atoms with Gasteiger partial charge in [-0.15, -0.1) is 0 Å². The minimum Gasteiger partial charge on any atom is -0.376 e. The van der Waals surface area contributed by atoms with E-state index >= 15 is 0 Å². The normalized spacial score (nSPS) is 24.8. The predicted molar refractivity (Wildman–Crippen MR) is 120 cm³/mol. The SMILES string of the molecule is O=C(NC[C@H]1CCCO1)[C@@H]1c2ccccc2C(=O)N(c2ccccc2)C12CCCCC2. The Morgan fingerprint density at radius 2 is 1.74 bits per heavy atom. The number of para-hydroxylation sites is 1. The summed E-state index contributed by atoms with van der Waals surface area (Å²) < 4.78 is 5.73. The molecule has 1 saturated heterocycles. The van der Waals surface area contributed by atoms with Crippen molar-refractivity contribution in [3.63, 3.8) is 0 Å². The Kier molecular flexibility index (Phi) is 5.53. The van der Waals surface area contributed by atoms with E-state index in [1.54, 1.807) is 0 Å². The first-order valence-electron chi connectivity index (χ1n) is 11.6. The van der Waals surface area contributed by atoms with Gasteiger partial charge < -0.3 is 15.0 Å². The number of fused-ring (bicyclic) bond motifs is 1. The molecule has 2 aromatic carbocycles. The number of benzene rings is 2. The summed E-state index contributed by atoms with van der Waals surface area (Å²) in [6, 6.07) is 17.5. The molecule has 2 aliphatic heterocycles. The molecule has 2 fully saturated rings. The quantitative estimate of drug-likeness (QED) is 0.799. The van der Waals surface area contributed by atoms with Crippen molar-refractivity contribution < 1.29 is 14.3 Å². The molecule has 162 valence electrons. The van der Waals surface area contributed by atoms with Crippen LogP contribution >= 0.6 is 0 Å². The molecule has 1 spiro atoms. The van der Waals surface area contributed by atoms with E-state index in [1.165, 1.54) is 0 Å². The summed E-state index contributed by atoms with van der Waals surface area (Å²) in [4.78, 5) is 29.5. The number of nitrogens with one attached hydrogen (secondary N) is 1. The van der Waals surface area contributed by atoms with E-state index in [0.717, 1.165) is 62.8 Å². The smallest absolute Gasteiger partial charge is 0.259 e. The molecule has 5 heteroatoms. The Balaban J connectivity index is 1.59. The fraction of sp³-hybridized carbons (Fsp3) is 0.462. The second kappa shape index (κ2) is 8.46. The van der Waals surface area contributed by atoms with E-state index in [9.17, 15) is 9.59 Å². The molecule has 1 saturated carbocycles. The lowest BCUT2D eigenvalue weighted by Gasteiger charge is -2.53. The van der Waals surface area contributed by atoms with Crippen LogP contribution in [0.4, 0.5) is 5.69 Å². The maximum absolute atomic E-state index is 13.8. The van der Waals surface area contributed by atoms with Gasteiger partial charge in [0, 0.05) is 24.4 Å². The zero-order valence-electron chi connectivity index (χ0n) is 17.9. The molecule has 3 aliphatic rings. The van der Waals surface area contributed by atoms with Crippen molar-refractivity contribution in [1.82, 2.24) is 5.32 Å². The highest BCUT2D eigenvalue weighted by molar-refractivity contribution is 6.12. The minimum absolute atomic E-state index is 0.00637. The lowest BCUT2D eigenvalue weighted by molar-refractivity contribution is -0.125. The third kappa shape index (κ3) is 3.55. The molecule has 5 rings (SSSR count). The molecular weight excluding hydrogens is 388 g/mol. The number of ether oxygens (including phenoxy) is 1. The highest BCUT2D eigenvalue weighted by Crippen LogP contribution is 2.50. The van der Waals surface area contributed by atoms with E-state index in [0.29, 0.717) is 12.1 Å². The first kappa shape index (κ1) is 20.3. The number of rotatable bonds is 4. The molecule has 0 aromatic heterocycles. The van der Waals surface area contributed by atoms with Crippen LogP contribution < -0.4 is 10.2 Å². The van der Waals surface area contributed by atoms with Gasteiger partial charge in [0.05, 0.1) is 17.6 Å². The fourth-order valence-corrected chi connectivity index (χ4v) is 5.82. The predicted octanol–water partition coefficient (Wildman–Crippen LogP) is 4.43. The van der Waals surface area contributed by atoms with Crippen LogP contribution in [0.3, 0.4) is 0 Å². The number of hydrogen-bond donors (Lipinski definition) is 1. The van der Waals surface area contributed by atoms with Gasteiger partial charge in [-0.25, -0.2) is 0 Å². The van der Waals surface area contributed by atoms with Gasteiger partial charge >= 0.3 is 0 Å². The summed E-state index contributed by atoms with van der Waals surface area (Å²) in [5.41, 5.74) is 1.85. The van der Waals surface area contributed by atoms with Gasteiger partial charge in [0.2, 0.25) is 5.91 Å². The molecule has 0 bridgehead atoms. The van der Waals surface area contributed by atoms with Gasteiger partial charge in [0.15, 0.2) is 0 Å². The van der Waals surface area contributed by atoms with Crippen LogP contribution in [0.2, 0.25) is 0 Å². The second-order valence-electron chi connectivity index (χ2n) is 9.04. The van der Waals surface area contributed by atoms with E-state index < -0.39 is 5.54 Å². The van der Waals surface area contributed by atoms with Gasteiger partial charge in [0.25, 0.3) is 5.91 Å². The number of amides is 2. The molecule has 0 radical (unpaired) electrons. The van der Waals surface area contributed by atoms with Crippen LogP contribution in [0.5, 0.6) is 0 Å². The Hall–Kier alpha value is -2.66. The summed E-state index contributed by atoms with van der Waals surface area (Å²) >= 11 is 0. The number of carbonyl (C=O) groups is 2. The van der Waals surface area contributed by atoms with Crippen LogP contribution in [0.25, 0.3) is 0 Å². The second-order valence-corrected chi connectivity index (χ2v) is 9.04. The summed E-state index contributed by atoms with van der Waals surface area (Å²) in [5, 5.41) is 3.19. The third-order valence-electron chi connectivity index (χ3n) is 7.21. The molecule has 2 amide bonds. The van der Waals surface area contributed by atoms with Crippen molar-refractivity contribution >= 4 is 17.5 Å².